The summed E-state index contributed by atoms with van der Waals surface area (Å²) in [7, 11) is 1.64. The smallest absolute Gasteiger partial charge is 0.197 e. The van der Waals surface area contributed by atoms with Crippen LogP contribution in [0.15, 0.2) is 77.9 Å². The monoisotopic (exact) mass is 388 g/mol. The first kappa shape index (κ1) is 17.0. The number of hydrazone groups is 1. The van der Waals surface area contributed by atoms with Crippen LogP contribution in [0.4, 0.5) is 5.69 Å². The Bertz CT molecular complexity index is 1120. The number of halogens is 1. The molecule has 0 spiro atoms. The summed E-state index contributed by atoms with van der Waals surface area (Å²) in [6.07, 6.45) is 0.455. The molecular weight excluding hydrogens is 372 g/mol. The summed E-state index contributed by atoms with van der Waals surface area (Å²) in [5.74, 6) is 0.813. The molecule has 0 fully saturated rings. The van der Waals surface area contributed by atoms with Gasteiger partial charge in [0.15, 0.2) is 11.3 Å². The quantitative estimate of drug-likeness (QED) is 0.630. The van der Waals surface area contributed by atoms with Crippen molar-refractivity contribution in [3.63, 3.8) is 0 Å². The van der Waals surface area contributed by atoms with Crippen LogP contribution in [0.3, 0.4) is 0 Å². The Morgan fingerprint density at radius 2 is 1.71 bits per heavy atom. The summed E-state index contributed by atoms with van der Waals surface area (Å²) < 4.78 is 5.25. The van der Waals surface area contributed by atoms with E-state index in [4.69, 9.17) is 21.4 Å². The minimum atomic E-state index is -0.947. The van der Waals surface area contributed by atoms with Crippen LogP contribution >= 0.6 is 11.6 Å². The molecule has 0 amide bonds. The molecule has 3 aromatic carbocycles. The van der Waals surface area contributed by atoms with E-state index in [1.54, 1.807) is 7.11 Å². The maximum atomic E-state index is 13.6. The molecule has 1 unspecified atom stereocenters. The van der Waals surface area contributed by atoms with Crippen LogP contribution < -0.4 is 9.75 Å². The summed E-state index contributed by atoms with van der Waals surface area (Å²) in [4.78, 5) is 13.6. The number of fused-ring (bicyclic) bond motifs is 3. The summed E-state index contributed by atoms with van der Waals surface area (Å²) >= 11 is 6.56. The highest BCUT2D eigenvalue weighted by Crippen LogP contribution is 2.52. The van der Waals surface area contributed by atoms with Crippen LogP contribution in [0, 0.1) is 0 Å². The van der Waals surface area contributed by atoms with Crippen molar-refractivity contribution in [3.05, 3.63) is 94.5 Å². The van der Waals surface area contributed by atoms with Gasteiger partial charge in [-0.2, -0.15) is 5.10 Å². The van der Waals surface area contributed by atoms with E-state index in [0.717, 1.165) is 28.3 Å². The fraction of sp³-hybridized carbons (Fsp3) is 0.130. The molecule has 1 atom stereocenters. The van der Waals surface area contributed by atoms with Crippen LogP contribution in [-0.2, 0) is 5.54 Å². The Morgan fingerprint density at radius 3 is 2.46 bits per heavy atom. The number of anilines is 1. The van der Waals surface area contributed by atoms with E-state index in [1.807, 2.05) is 77.8 Å². The van der Waals surface area contributed by atoms with Crippen LogP contribution in [0.5, 0.6) is 5.75 Å². The van der Waals surface area contributed by atoms with Gasteiger partial charge in [-0.1, -0.05) is 41.9 Å². The summed E-state index contributed by atoms with van der Waals surface area (Å²) in [5.41, 5.74) is 3.15. The second-order valence-electron chi connectivity index (χ2n) is 6.95. The number of para-hydroxylation sites is 1. The van der Waals surface area contributed by atoms with Crippen LogP contribution in [0.25, 0.3) is 0 Å². The standard InChI is InChI=1S/C23H17ClN2O2/c1-28-16-12-10-15(11-13-16)20-14-23(18-7-3-4-8-19(18)24)22(27)17-6-2-5-9-21(17)26(23)25-20/h2-13H,14H2,1H3. The lowest BCUT2D eigenvalue weighted by atomic mass is 9.81. The highest BCUT2D eigenvalue weighted by Gasteiger charge is 2.57. The molecule has 2 aliphatic heterocycles. The van der Waals surface area contributed by atoms with E-state index < -0.39 is 5.54 Å². The fourth-order valence-electron chi connectivity index (χ4n) is 4.14. The Hall–Kier alpha value is -3.11. The van der Waals surface area contributed by atoms with Gasteiger partial charge in [-0.25, -0.2) is 5.01 Å². The first-order valence-corrected chi connectivity index (χ1v) is 9.44. The Balaban J connectivity index is 1.69. The second kappa shape index (κ2) is 6.21. The van der Waals surface area contributed by atoms with Crippen molar-refractivity contribution in [3.8, 4) is 5.75 Å². The average Bonchev–Trinajstić information content (AvgIpc) is 3.24. The number of hydrogen-bond acceptors (Lipinski definition) is 4. The molecule has 3 aromatic rings. The molecule has 0 N–H and O–H groups in total. The van der Waals surface area contributed by atoms with Crippen molar-refractivity contribution in [2.45, 2.75) is 12.0 Å². The molecule has 28 heavy (non-hydrogen) atoms. The zero-order valence-electron chi connectivity index (χ0n) is 15.2. The van der Waals surface area contributed by atoms with Crippen molar-refractivity contribution < 1.29 is 9.53 Å². The maximum Gasteiger partial charge on any atom is 0.197 e. The number of rotatable bonds is 3. The fourth-order valence-corrected chi connectivity index (χ4v) is 4.43. The number of Topliss-reactive ketones (excluding diaryl/α,β-unsaturated/α-hetero) is 1. The van der Waals surface area contributed by atoms with E-state index in [2.05, 4.69) is 0 Å². The summed E-state index contributed by atoms with van der Waals surface area (Å²) in [6, 6.07) is 22.9. The van der Waals surface area contributed by atoms with Gasteiger partial charge < -0.3 is 4.74 Å². The molecule has 0 saturated heterocycles. The zero-order chi connectivity index (χ0) is 19.3. The largest absolute Gasteiger partial charge is 0.497 e. The van der Waals surface area contributed by atoms with Gasteiger partial charge in [-0.3, -0.25) is 4.79 Å². The van der Waals surface area contributed by atoms with Gasteiger partial charge in [0.05, 0.1) is 18.5 Å². The van der Waals surface area contributed by atoms with E-state index in [9.17, 15) is 4.79 Å². The average molecular weight is 389 g/mol. The van der Waals surface area contributed by atoms with Crippen LogP contribution in [-0.4, -0.2) is 18.6 Å². The Kier molecular flexibility index (Phi) is 3.78. The van der Waals surface area contributed by atoms with Crippen molar-refractivity contribution in [2.24, 2.45) is 5.10 Å². The summed E-state index contributed by atoms with van der Waals surface area (Å²) in [5, 5.41) is 7.31. The number of benzene rings is 3. The van der Waals surface area contributed by atoms with Gasteiger partial charge in [0.1, 0.15) is 5.75 Å². The highest BCUT2D eigenvalue weighted by molar-refractivity contribution is 6.32. The third-order valence-corrected chi connectivity index (χ3v) is 5.83. The third kappa shape index (κ3) is 2.25. The minimum absolute atomic E-state index is 0.0310. The normalized spacial score (nSPS) is 20.0. The molecular formula is C23H17ClN2O2. The van der Waals surface area contributed by atoms with Gasteiger partial charge in [-0.15, -0.1) is 0 Å². The molecule has 5 heteroatoms. The molecule has 4 nitrogen and oxygen atoms in total. The predicted molar refractivity (Wildman–Crippen MR) is 111 cm³/mol. The van der Waals surface area contributed by atoms with Crippen LogP contribution in [0.2, 0.25) is 5.02 Å². The van der Waals surface area contributed by atoms with E-state index >= 15 is 0 Å². The third-order valence-electron chi connectivity index (χ3n) is 5.50. The van der Waals surface area contributed by atoms with Gasteiger partial charge in [0.2, 0.25) is 0 Å². The number of ether oxygens (including phenoxy) is 1. The number of methoxy groups -OCH3 is 1. The highest BCUT2D eigenvalue weighted by atomic mass is 35.5. The molecule has 2 aliphatic rings. The van der Waals surface area contributed by atoms with Crippen molar-refractivity contribution in [2.75, 3.05) is 12.1 Å². The first-order valence-electron chi connectivity index (χ1n) is 9.06. The lowest BCUT2D eigenvalue weighted by Crippen LogP contribution is -2.42. The van der Waals surface area contributed by atoms with E-state index in [-0.39, 0.29) is 5.78 Å². The number of ketones is 1. The van der Waals surface area contributed by atoms with Crippen molar-refractivity contribution in [1.29, 1.82) is 0 Å². The maximum absolute atomic E-state index is 13.6. The van der Waals surface area contributed by atoms with E-state index in [0.29, 0.717) is 17.0 Å². The van der Waals surface area contributed by atoms with E-state index in [1.165, 1.54) is 0 Å². The van der Waals surface area contributed by atoms with Gasteiger partial charge in [-0.05, 0) is 48.0 Å². The molecule has 0 aliphatic carbocycles. The predicted octanol–water partition coefficient (Wildman–Crippen LogP) is 5.05. The van der Waals surface area contributed by atoms with Gasteiger partial charge in [0, 0.05) is 22.6 Å². The molecule has 2 heterocycles. The Morgan fingerprint density at radius 1 is 1.00 bits per heavy atom. The van der Waals surface area contributed by atoms with Gasteiger partial charge in [0.25, 0.3) is 0 Å². The van der Waals surface area contributed by atoms with Crippen molar-refractivity contribution in [1.82, 2.24) is 0 Å². The molecule has 0 aromatic heterocycles. The number of carbonyl (C=O) groups is 1. The van der Waals surface area contributed by atoms with Crippen molar-refractivity contribution >= 4 is 28.8 Å². The lowest BCUT2D eigenvalue weighted by molar-refractivity contribution is 0.0908. The molecule has 5 rings (SSSR count). The number of nitrogens with zero attached hydrogens (tertiary/aromatic N) is 2. The first-order chi connectivity index (χ1) is 13.6. The molecule has 138 valence electrons. The Labute approximate surface area is 168 Å². The number of carbonyl (C=O) groups excluding carboxylic acids is 1. The number of hydrogen-bond donors (Lipinski definition) is 0. The van der Waals surface area contributed by atoms with Gasteiger partial charge >= 0.3 is 0 Å². The van der Waals surface area contributed by atoms with Crippen LogP contribution in [0.1, 0.15) is 27.9 Å². The summed E-state index contributed by atoms with van der Waals surface area (Å²) in [6.45, 7) is 0. The second-order valence-corrected chi connectivity index (χ2v) is 7.36. The molecule has 0 radical (unpaired) electrons. The lowest BCUT2D eigenvalue weighted by Gasteiger charge is -2.31. The topological polar surface area (TPSA) is 41.9 Å². The molecule has 0 bridgehead atoms. The zero-order valence-corrected chi connectivity index (χ0v) is 16.0. The minimum Gasteiger partial charge on any atom is -0.497 e. The SMILES string of the molecule is COc1ccc(C2=NN3c4ccccc4C(=O)C3(c3ccccc3Cl)C2)cc1. The molecule has 0 saturated carbocycles.